The summed E-state index contributed by atoms with van der Waals surface area (Å²) in [7, 11) is 0. The van der Waals surface area contributed by atoms with Gasteiger partial charge in [0.05, 0.1) is 22.4 Å². The van der Waals surface area contributed by atoms with E-state index in [0.717, 1.165) is 22.0 Å². The monoisotopic (exact) mass is 452 g/mol. The van der Waals surface area contributed by atoms with Gasteiger partial charge >= 0.3 is 0 Å². The molecule has 2 aromatic rings. The summed E-state index contributed by atoms with van der Waals surface area (Å²) in [5.41, 5.74) is 1.53. The highest BCUT2D eigenvalue weighted by molar-refractivity contribution is 6.34. The van der Waals surface area contributed by atoms with Gasteiger partial charge in [0.1, 0.15) is 6.54 Å². The Labute approximate surface area is 192 Å². The lowest BCUT2D eigenvalue weighted by Crippen LogP contribution is -2.52. The number of rotatable bonds is 5. The van der Waals surface area contributed by atoms with Crippen molar-refractivity contribution in [2.75, 3.05) is 6.54 Å². The van der Waals surface area contributed by atoms with Crippen molar-refractivity contribution < 1.29 is 19.2 Å². The molecule has 0 bridgehead atoms. The average molecular weight is 453 g/mol. The van der Waals surface area contributed by atoms with Crippen LogP contribution < -0.4 is 0 Å². The summed E-state index contributed by atoms with van der Waals surface area (Å²) >= 11 is 6.23. The van der Waals surface area contributed by atoms with Crippen LogP contribution in [0.15, 0.2) is 48.5 Å². The van der Waals surface area contributed by atoms with Gasteiger partial charge in [-0.15, -0.1) is 0 Å². The molecule has 6 nitrogen and oxygen atoms in total. The van der Waals surface area contributed by atoms with E-state index in [2.05, 4.69) is 6.92 Å². The first-order chi connectivity index (χ1) is 15.3. The minimum absolute atomic E-state index is 0.134. The summed E-state index contributed by atoms with van der Waals surface area (Å²) in [5.74, 6) is -2.42. The molecule has 0 unspecified atom stereocenters. The van der Waals surface area contributed by atoms with Crippen LogP contribution in [0.4, 0.5) is 0 Å². The topological polar surface area (TPSA) is 74.8 Å². The fourth-order valence-corrected chi connectivity index (χ4v) is 4.80. The van der Waals surface area contributed by atoms with E-state index in [9.17, 15) is 19.2 Å². The Morgan fingerprint density at radius 3 is 2.34 bits per heavy atom. The maximum absolute atomic E-state index is 13.5. The predicted octanol–water partition coefficient (Wildman–Crippen LogP) is 4.31. The number of hydrazine groups is 1. The number of hydrogen-bond acceptors (Lipinski definition) is 4. The van der Waals surface area contributed by atoms with Crippen molar-refractivity contribution in [3.8, 4) is 0 Å². The molecule has 1 aliphatic heterocycles. The Balaban J connectivity index is 1.70. The van der Waals surface area contributed by atoms with Crippen molar-refractivity contribution in [3.63, 3.8) is 0 Å². The number of ketones is 1. The summed E-state index contributed by atoms with van der Waals surface area (Å²) in [6.07, 6.45) is 2.06. The molecular weight excluding hydrogens is 428 g/mol. The number of carbonyl (C=O) groups excluding carboxylic acids is 4. The van der Waals surface area contributed by atoms with Gasteiger partial charge in [0.2, 0.25) is 0 Å². The van der Waals surface area contributed by atoms with Gasteiger partial charge in [0, 0.05) is 5.56 Å². The molecule has 166 valence electrons. The Hall–Kier alpha value is -2.99. The third-order valence-corrected chi connectivity index (χ3v) is 6.74. The number of hydrogen-bond donors (Lipinski definition) is 0. The van der Waals surface area contributed by atoms with Crippen molar-refractivity contribution in [3.05, 3.63) is 70.2 Å². The number of benzene rings is 2. The maximum atomic E-state index is 13.5. The zero-order valence-corrected chi connectivity index (χ0v) is 18.8. The maximum Gasteiger partial charge on any atom is 0.274 e. The molecule has 3 amide bonds. The Morgan fingerprint density at radius 1 is 1.00 bits per heavy atom. The zero-order chi connectivity index (χ0) is 23.0. The number of aryl methyl sites for hydroxylation is 1. The standard InChI is InChI=1S/C25H25ClN2O4/c1-15-7-10-17(11-8-15)22(29)14-27(23(30)19-5-3-4-6-21(19)26)28-24(31)18-12-9-16(2)13-20(18)25(28)32/h3-8,10-11,16,18,20H,9,12-14H2,1-2H3/t16-,18+,20+/m0/s1. The number of Topliss-reactive ketones (excluding diaryl/α,β-unsaturated/α-hetero) is 1. The van der Waals surface area contributed by atoms with E-state index < -0.39 is 36.1 Å². The molecule has 4 rings (SSSR count). The molecule has 2 aromatic carbocycles. The van der Waals surface area contributed by atoms with E-state index in [4.69, 9.17) is 11.6 Å². The largest absolute Gasteiger partial charge is 0.292 e. The summed E-state index contributed by atoms with van der Waals surface area (Å²) in [4.78, 5) is 53.1. The molecule has 0 spiro atoms. The van der Waals surface area contributed by atoms with Crippen molar-refractivity contribution in [1.29, 1.82) is 0 Å². The van der Waals surface area contributed by atoms with Gasteiger partial charge in [-0.05, 0) is 44.2 Å². The number of fused-ring (bicyclic) bond motifs is 1. The van der Waals surface area contributed by atoms with E-state index in [1.54, 1.807) is 42.5 Å². The quantitative estimate of drug-likeness (QED) is 0.500. The fourth-order valence-electron chi connectivity index (χ4n) is 4.58. The van der Waals surface area contributed by atoms with Gasteiger partial charge < -0.3 is 0 Å². The first-order valence-corrected chi connectivity index (χ1v) is 11.2. The molecular formula is C25H25ClN2O4. The van der Waals surface area contributed by atoms with E-state index in [1.165, 1.54) is 6.07 Å². The fraction of sp³-hybridized carbons (Fsp3) is 0.360. The third kappa shape index (κ3) is 4.07. The van der Waals surface area contributed by atoms with Crippen LogP contribution in [-0.4, -0.2) is 40.1 Å². The third-order valence-electron chi connectivity index (χ3n) is 6.41. The van der Waals surface area contributed by atoms with Gasteiger partial charge in [-0.1, -0.05) is 60.5 Å². The molecule has 1 aliphatic carbocycles. The molecule has 1 saturated heterocycles. The highest BCUT2D eigenvalue weighted by Gasteiger charge is 2.52. The van der Waals surface area contributed by atoms with Crippen molar-refractivity contribution in [2.24, 2.45) is 17.8 Å². The second kappa shape index (κ2) is 8.87. The second-order valence-corrected chi connectivity index (χ2v) is 9.16. The number of nitrogens with zero attached hydrogens (tertiary/aromatic N) is 2. The first kappa shape index (κ1) is 22.2. The Bertz CT molecular complexity index is 1080. The van der Waals surface area contributed by atoms with Gasteiger partial charge in [0.15, 0.2) is 5.78 Å². The second-order valence-electron chi connectivity index (χ2n) is 8.75. The highest BCUT2D eigenvalue weighted by atomic mass is 35.5. The highest BCUT2D eigenvalue weighted by Crippen LogP contribution is 2.41. The zero-order valence-electron chi connectivity index (χ0n) is 18.1. The van der Waals surface area contributed by atoms with Crippen molar-refractivity contribution >= 4 is 35.1 Å². The van der Waals surface area contributed by atoms with Crippen LogP contribution in [0.2, 0.25) is 5.02 Å². The van der Waals surface area contributed by atoms with Gasteiger partial charge in [-0.25, -0.2) is 5.01 Å². The molecule has 32 heavy (non-hydrogen) atoms. The van der Waals surface area contributed by atoms with Crippen molar-refractivity contribution in [1.82, 2.24) is 10.0 Å². The van der Waals surface area contributed by atoms with Crippen LogP contribution in [0.5, 0.6) is 0 Å². The average Bonchev–Trinajstić information content (AvgIpc) is 3.01. The van der Waals surface area contributed by atoms with Crippen LogP contribution >= 0.6 is 11.6 Å². The molecule has 0 radical (unpaired) electrons. The van der Waals surface area contributed by atoms with E-state index in [-0.39, 0.29) is 16.4 Å². The predicted molar refractivity (Wildman–Crippen MR) is 120 cm³/mol. The molecule has 0 aromatic heterocycles. The molecule has 0 N–H and O–H groups in total. The van der Waals surface area contributed by atoms with Crippen LogP contribution in [-0.2, 0) is 9.59 Å². The van der Waals surface area contributed by atoms with E-state index in [1.807, 2.05) is 6.92 Å². The molecule has 1 heterocycles. The number of halogens is 1. The van der Waals surface area contributed by atoms with Crippen LogP contribution in [0.3, 0.4) is 0 Å². The van der Waals surface area contributed by atoms with Crippen LogP contribution in [0.25, 0.3) is 0 Å². The van der Waals surface area contributed by atoms with E-state index in [0.29, 0.717) is 24.3 Å². The molecule has 2 fully saturated rings. The lowest BCUT2D eigenvalue weighted by Gasteiger charge is -2.30. The van der Waals surface area contributed by atoms with Crippen LogP contribution in [0.1, 0.15) is 52.5 Å². The minimum Gasteiger partial charge on any atom is -0.292 e. The Kier molecular flexibility index (Phi) is 6.15. The lowest BCUT2D eigenvalue weighted by atomic mass is 9.76. The molecule has 3 atom stereocenters. The van der Waals surface area contributed by atoms with Gasteiger partial charge in [-0.2, -0.15) is 5.01 Å². The van der Waals surface area contributed by atoms with Crippen molar-refractivity contribution in [2.45, 2.75) is 33.1 Å². The number of amides is 3. The normalized spacial score (nSPS) is 22.6. The summed E-state index contributed by atoms with van der Waals surface area (Å²) in [6, 6.07) is 13.4. The summed E-state index contributed by atoms with van der Waals surface area (Å²) < 4.78 is 0. The van der Waals surface area contributed by atoms with Gasteiger partial charge in [0.25, 0.3) is 17.7 Å². The minimum atomic E-state index is -0.649. The molecule has 2 aliphatic rings. The first-order valence-electron chi connectivity index (χ1n) is 10.8. The SMILES string of the molecule is Cc1ccc(C(=O)CN(C(=O)c2ccccc2Cl)N2C(=O)[C@@H]3CC[C@H](C)C[C@H]3C2=O)cc1. The van der Waals surface area contributed by atoms with Gasteiger partial charge in [-0.3, -0.25) is 19.2 Å². The Morgan fingerprint density at radius 2 is 1.66 bits per heavy atom. The van der Waals surface area contributed by atoms with E-state index >= 15 is 0 Å². The molecule has 7 heteroatoms. The smallest absolute Gasteiger partial charge is 0.274 e. The molecule has 1 saturated carbocycles. The number of carbonyl (C=O) groups is 4. The summed E-state index contributed by atoms with van der Waals surface area (Å²) in [6.45, 7) is 3.54. The lowest BCUT2D eigenvalue weighted by molar-refractivity contribution is -0.154. The number of imide groups is 1. The van der Waals surface area contributed by atoms with Crippen LogP contribution in [0, 0.1) is 24.7 Å². The summed E-state index contributed by atoms with van der Waals surface area (Å²) in [5, 5.41) is 2.08.